The van der Waals surface area contributed by atoms with Gasteiger partial charge in [0.1, 0.15) is 11.4 Å². The predicted molar refractivity (Wildman–Crippen MR) is 91.2 cm³/mol. The Morgan fingerprint density at radius 3 is 2.48 bits per heavy atom. The van der Waals surface area contributed by atoms with Crippen molar-refractivity contribution in [2.24, 2.45) is 0 Å². The van der Waals surface area contributed by atoms with Crippen LogP contribution in [0.2, 0.25) is 0 Å². The molecule has 1 N–H and O–H groups in total. The zero-order valence-corrected chi connectivity index (χ0v) is 15.1. The van der Waals surface area contributed by atoms with E-state index >= 15 is 0 Å². The number of halogens is 3. The molecule has 0 aliphatic carbocycles. The van der Waals surface area contributed by atoms with Crippen LogP contribution < -0.4 is 0 Å². The van der Waals surface area contributed by atoms with Crippen molar-refractivity contribution in [1.82, 2.24) is 14.7 Å². The Labute approximate surface area is 154 Å². The molecule has 0 radical (unpaired) electrons. The van der Waals surface area contributed by atoms with Crippen molar-refractivity contribution in [1.29, 1.82) is 0 Å². The minimum Gasteiger partial charge on any atom is -0.507 e. The van der Waals surface area contributed by atoms with Gasteiger partial charge in [0, 0.05) is 30.4 Å². The standard InChI is InChI=1S/C18H20F3N3O3/c1-17(2,3)27-16(26)23-9-13(10-23)24-8-11(7-22-24)14-5-4-12(6-15(14)25)18(19,20)21/h4-8,13,25H,9-10H2,1-3H3. The van der Waals surface area contributed by atoms with E-state index in [1.807, 2.05) is 0 Å². The number of carbonyl (C=O) groups is 1. The summed E-state index contributed by atoms with van der Waals surface area (Å²) in [6, 6.07) is 2.77. The lowest BCUT2D eigenvalue weighted by Gasteiger charge is -2.39. The molecule has 3 rings (SSSR count). The van der Waals surface area contributed by atoms with E-state index in [4.69, 9.17) is 4.74 Å². The lowest BCUT2D eigenvalue weighted by atomic mass is 10.1. The number of alkyl halides is 3. The summed E-state index contributed by atoms with van der Waals surface area (Å²) in [6.07, 6.45) is -1.80. The highest BCUT2D eigenvalue weighted by molar-refractivity contribution is 5.70. The molecule has 2 heterocycles. The monoisotopic (exact) mass is 383 g/mol. The fourth-order valence-electron chi connectivity index (χ4n) is 2.73. The van der Waals surface area contributed by atoms with Crippen LogP contribution >= 0.6 is 0 Å². The molecule has 27 heavy (non-hydrogen) atoms. The Hall–Kier alpha value is -2.71. The average Bonchev–Trinajstić information content (AvgIpc) is 2.91. The number of hydrogen-bond acceptors (Lipinski definition) is 4. The number of phenols is 1. The predicted octanol–water partition coefficient (Wildman–Crippen LogP) is 4.07. The summed E-state index contributed by atoms with van der Waals surface area (Å²) >= 11 is 0. The number of carbonyl (C=O) groups excluding carboxylic acids is 1. The van der Waals surface area contributed by atoms with Crippen LogP contribution in [-0.4, -0.2) is 44.6 Å². The van der Waals surface area contributed by atoms with E-state index in [-0.39, 0.29) is 11.6 Å². The maximum Gasteiger partial charge on any atom is 0.416 e. The van der Waals surface area contributed by atoms with Gasteiger partial charge in [-0.15, -0.1) is 0 Å². The first-order chi connectivity index (χ1) is 12.4. The summed E-state index contributed by atoms with van der Waals surface area (Å²) in [7, 11) is 0. The van der Waals surface area contributed by atoms with E-state index in [0.29, 0.717) is 24.7 Å². The van der Waals surface area contributed by atoms with Gasteiger partial charge in [0.15, 0.2) is 0 Å². The molecule has 2 aromatic rings. The van der Waals surface area contributed by atoms with Gasteiger partial charge in [-0.3, -0.25) is 4.68 Å². The minimum absolute atomic E-state index is 0.0529. The molecule has 1 saturated heterocycles. The van der Waals surface area contributed by atoms with E-state index in [0.717, 1.165) is 6.07 Å². The minimum atomic E-state index is -4.52. The molecule has 0 saturated carbocycles. The number of likely N-dealkylation sites (tertiary alicyclic amines) is 1. The Kier molecular flexibility index (Phi) is 4.57. The summed E-state index contributed by atoms with van der Waals surface area (Å²) in [5.74, 6) is -0.464. The van der Waals surface area contributed by atoms with Gasteiger partial charge in [0.25, 0.3) is 0 Å². The van der Waals surface area contributed by atoms with Gasteiger partial charge in [-0.05, 0) is 39.0 Å². The summed E-state index contributed by atoms with van der Waals surface area (Å²) in [4.78, 5) is 13.5. The van der Waals surface area contributed by atoms with E-state index in [1.54, 1.807) is 36.5 Å². The number of ether oxygens (including phenoxy) is 1. The molecule has 146 valence electrons. The van der Waals surface area contributed by atoms with Crippen LogP contribution in [0.4, 0.5) is 18.0 Å². The summed E-state index contributed by atoms with van der Waals surface area (Å²) in [6.45, 7) is 6.22. The largest absolute Gasteiger partial charge is 0.507 e. The smallest absolute Gasteiger partial charge is 0.416 e. The van der Waals surface area contributed by atoms with Crippen molar-refractivity contribution >= 4 is 6.09 Å². The van der Waals surface area contributed by atoms with Crippen LogP contribution in [0.5, 0.6) is 5.75 Å². The highest BCUT2D eigenvalue weighted by Gasteiger charge is 2.35. The van der Waals surface area contributed by atoms with E-state index in [1.165, 1.54) is 12.3 Å². The lowest BCUT2D eigenvalue weighted by molar-refractivity contribution is -0.137. The summed E-state index contributed by atoms with van der Waals surface area (Å²) in [5, 5.41) is 14.1. The van der Waals surface area contributed by atoms with Crippen molar-refractivity contribution in [3.63, 3.8) is 0 Å². The number of amides is 1. The number of rotatable bonds is 2. The number of hydrogen-bond donors (Lipinski definition) is 1. The number of benzene rings is 1. The molecule has 0 spiro atoms. The van der Waals surface area contributed by atoms with E-state index in [9.17, 15) is 23.1 Å². The van der Waals surface area contributed by atoms with Crippen LogP contribution in [0, 0.1) is 0 Å². The molecular weight excluding hydrogens is 363 g/mol. The van der Waals surface area contributed by atoms with Crippen LogP contribution in [0.3, 0.4) is 0 Å². The summed E-state index contributed by atoms with van der Waals surface area (Å²) in [5.41, 5.74) is -0.723. The van der Waals surface area contributed by atoms with Crippen molar-refractivity contribution in [3.8, 4) is 16.9 Å². The lowest BCUT2D eigenvalue weighted by Crippen LogP contribution is -2.52. The van der Waals surface area contributed by atoms with Gasteiger partial charge >= 0.3 is 12.3 Å². The molecule has 1 aliphatic rings. The first-order valence-electron chi connectivity index (χ1n) is 8.37. The molecule has 6 nitrogen and oxygen atoms in total. The molecular formula is C18H20F3N3O3. The normalized spacial score (nSPS) is 15.6. The average molecular weight is 383 g/mol. The molecule has 1 amide bonds. The Morgan fingerprint density at radius 2 is 1.93 bits per heavy atom. The topological polar surface area (TPSA) is 67.6 Å². The SMILES string of the molecule is CC(C)(C)OC(=O)N1CC(n2cc(-c3ccc(C(F)(F)F)cc3O)cn2)C1. The molecule has 0 atom stereocenters. The number of nitrogens with zero attached hydrogens (tertiary/aromatic N) is 3. The first kappa shape index (κ1) is 19.1. The maximum absolute atomic E-state index is 12.7. The second-order valence-corrected chi connectivity index (χ2v) is 7.48. The van der Waals surface area contributed by atoms with Gasteiger partial charge < -0.3 is 14.7 Å². The zero-order valence-electron chi connectivity index (χ0n) is 15.1. The highest BCUT2D eigenvalue weighted by Crippen LogP contribution is 2.36. The third kappa shape index (κ3) is 4.17. The van der Waals surface area contributed by atoms with Gasteiger partial charge in [0.2, 0.25) is 0 Å². The summed E-state index contributed by atoms with van der Waals surface area (Å²) < 4.78 is 45.0. The fourth-order valence-corrected chi connectivity index (χ4v) is 2.73. The van der Waals surface area contributed by atoms with Crippen molar-refractivity contribution < 1.29 is 27.8 Å². The third-order valence-corrected chi connectivity index (χ3v) is 4.13. The van der Waals surface area contributed by atoms with Crippen molar-refractivity contribution in [3.05, 3.63) is 36.2 Å². The second-order valence-electron chi connectivity index (χ2n) is 7.48. The van der Waals surface area contributed by atoms with Crippen LogP contribution in [0.1, 0.15) is 32.4 Å². The number of phenolic OH excluding ortho intramolecular Hbond substituents is 1. The van der Waals surface area contributed by atoms with Crippen molar-refractivity contribution in [2.45, 2.75) is 38.6 Å². The Morgan fingerprint density at radius 1 is 1.26 bits per heavy atom. The van der Waals surface area contributed by atoms with Gasteiger partial charge in [-0.25, -0.2) is 4.79 Å². The van der Waals surface area contributed by atoms with E-state index in [2.05, 4.69) is 5.10 Å². The Balaban J connectivity index is 1.68. The van der Waals surface area contributed by atoms with Gasteiger partial charge in [0.05, 0.1) is 17.8 Å². The van der Waals surface area contributed by atoms with Crippen molar-refractivity contribution in [2.75, 3.05) is 13.1 Å². The molecule has 0 unspecified atom stereocenters. The van der Waals surface area contributed by atoms with E-state index < -0.39 is 29.2 Å². The molecule has 0 bridgehead atoms. The van der Waals surface area contributed by atoms with Crippen LogP contribution in [0.25, 0.3) is 11.1 Å². The number of aromatic nitrogens is 2. The Bertz CT molecular complexity index is 850. The van der Waals surface area contributed by atoms with Crippen LogP contribution in [0.15, 0.2) is 30.6 Å². The van der Waals surface area contributed by atoms with Crippen LogP contribution in [-0.2, 0) is 10.9 Å². The zero-order chi connectivity index (χ0) is 20.0. The quantitative estimate of drug-likeness (QED) is 0.849. The molecule has 1 aromatic heterocycles. The van der Waals surface area contributed by atoms with Gasteiger partial charge in [-0.2, -0.15) is 18.3 Å². The first-order valence-corrected chi connectivity index (χ1v) is 8.37. The maximum atomic E-state index is 12.7. The molecule has 1 aromatic carbocycles. The molecule has 1 aliphatic heterocycles. The van der Waals surface area contributed by atoms with Gasteiger partial charge in [-0.1, -0.05) is 0 Å². The fraction of sp³-hybridized carbons (Fsp3) is 0.444. The molecule has 1 fully saturated rings. The third-order valence-electron chi connectivity index (χ3n) is 4.13. The number of aromatic hydroxyl groups is 1. The molecule has 9 heteroatoms. The highest BCUT2D eigenvalue weighted by atomic mass is 19.4. The second kappa shape index (κ2) is 6.47.